The van der Waals surface area contributed by atoms with E-state index in [1.54, 1.807) is 13.1 Å². The lowest BCUT2D eigenvalue weighted by atomic mass is 10.0. The first-order chi connectivity index (χ1) is 6.20. The maximum absolute atomic E-state index is 9.68. The number of aromatic nitrogens is 1. The van der Waals surface area contributed by atoms with E-state index in [0.717, 1.165) is 18.4 Å². The monoisotopic (exact) mass is 181 g/mol. The smallest absolute Gasteiger partial charge is 0.197 e. The molecule has 0 spiro atoms. The SMILES string of the molecule is Cn1c(O)cc(C2CCCC2)c1O. The summed E-state index contributed by atoms with van der Waals surface area (Å²) in [6.45, 7) is 0. The van der Waals surface area contributed by atoms with E-state index in [1.165, 1.54) is 17.4 Å². The molecular weight excluding hydrogens is 166 g/mol. The summed E-state index contributed by atoms with van der Waals surface area (Å²) in [5.41, 5.74) is 0.914. The second-order valence-electron chi connectivity index (χ2n) is 3.82. The fourth-order valence-corrected chi connectivity index (χ4v) is 2.14. The van der Waals surface area contributed by atoms with Gasteiger partial charge in [0.25, 0.3) is 0 Å². The van der Waals surface area contributed by atoms with Gasteiger partial charge in [-0.25, -0.2) is 0 Å². The summed E-state index contributed by atoms with van der Waals surface area (Å²) in [7, 11) is 1.67. The van der Waals surface area contributed by atoms with Crippen LogP contribution in [0, 0.1) is 0 Å². The number of hydrogen-bond donors (Lipinski definition) is 2. The van der Waals surface area contributed by atoms with Crippen LogP contribution in [-0.4, -0.2) is 14.8 Å². The molecule has 3 nitrogen and oxygen atoms in total. The summed E-state index contributed by atoms with van der Waals surface area (Å²) in [6, 6.07) is 1.69. The van der Waals surface area contributed by atoms with Gasteiger partial charge < -0.3 is 10.2 Å². The van der Waals surface area contributed by atoms with E-state index in [1.807, 2.05) is 0 Å². The minimum atomic E-state index is 0.152. The van der Waals surface area contributed by atoms with Crippen LogP contribution in [0.3, 0.4) is 0 Å². The second-order valence-corrected chi connectivity index (χ2v) is 3.82. The maximum atomic E-state index is 9.68. The van der Waals surface area contributed by atoms with Gasteiger partial charge in [-0.15, -0.1) is 0 Å². The van der Waals surface area contributed by atoms with Gasteiger partial charge in [0.15, 0.2) is 11.8 Å². The van der Waals surface area contributed by atoms with Crippen molar-refractivity contribution in [1.82, 2.24) is 4.57 Å². The Labute approximate surface area is 77.6 Å². The van der Waals surface area contributed by atoms with Gasteiger partial charge in [-0.1, -0.05) is 12.8 Å². The highest BCUT2D eigenvalue weighted by atomic mass is 16.3. The van der Waals surface area contributed by atoms with Gasteiger partial charge in [-0.2, -0.15) is 0 Å². The molecule has 0 radical (unpaired) electrons. The lowest BCUT2D eigenvalue weighted by Crippen LogP contribution is -1.91. The molecule has 2 N–H and O–H groups in total. The average molecular weight is 181 g/mol. The third kappa shape index (κ3) is 1.28. The molecule has 0 saturated heterocycles. The first-order valence-corrected chi connectivity index (χ1v) is 4.77. The molecule has 1 aliphatic carbocycles. The molecule has 0 atom stereocenters. The molecule has 1 aromatic rings. The molecule has 1 saturated carbocycles. The van der Waals surface area contributed by atoms with Crippen LogP contribution in [-0.2, 0) is 7.05 Å². The van der Waals surface area contributed by atoms with Crippen LogP contribution < -0.4 is 0 Å². The third-order valence-electron chi connectivity index (χ3n) is 3.00. The molecule has 0 unspecified atom stereocenters. The van der Waals surface area contributed by atoms with Gasteiger partial charge in [0.1, 0.15) is 0 Å². The summed E-state index contributed by atoms with van der Waals surface area (Å²) in [5.74, 6) is 0.830. The topological polar surface area (TPSA) is 45.4 Å². The van der Waals surface area contributed by atoms with Crippen LogP contribution in [0.2, 0.25) is 0 Å². The number of hydrogen-bond acceptors (Lipinski definition) is 2. The average Bonchev–Trinajstić information content (AvgIpc) is 2.70. The lowest BCUT2D eigenvalue weighted by molar-refractivity contribution is 0.383. The first-order valence-electron chi connectivity index (χ1n) is 4.77. The van der Waals surface area contributed by atoms with E-state index < -0.39 is 0 Å². The second kappa shape index (κ2) is 2.98. The predicted octanol–water partition coefficient (Wildman–Crippen LogP) is 2.09. The van der Waals surface area contributed by atoms with Crippen molar-refractivity contribution in [3.63, 3.8) is 0 Å². The van der Waals surface area contributed by atoms with Crippen molar-refractivity contribution in [1.29, 1.82) is 0 Å². The van der Waals surface area contributed by atoms with Crippen LogP contribution in [0.4, 0.5) is 0 Å². The van der Waals surface area contributed by atoms with Crippen LogP contribution in [0.15, 0.2) is 6.07 Å². The summed E-state index contributed by atoms with van der Waals surface area (Å²) >= 11 is 0. The summed E-state index contributed by atoms with van der Waals surface area (Å²) < 4.78 is 1.42. The molecular formula is C10H15NO2. The van der Waals surface area contributed by atoms with Gasteiger partial charge in [0.05, 0.1) is 0 Å². The van der Waals surface area contributed by atoms with E-state index in [4.69, 9.17) is 0 Å². The van der Waals surface area contributed by atoms with Crippen LogP contribution >= 0.6 is 0 Å². The Bertz CT molecular complexity index is 311. The Morgan fingerprint density at radius 2 is 1.92 bits per heavy atom. The highest BCUT2D eigenvalue weighted by Crippen LogP contribution is 2.40. The molecule has 0 aliphatic heterocycles. The number of nitrogens with zero attached hydrogens (tertiary/aromatic N) is 1. The van der Waals surface area contributed by atoms with Crippen LogP contribution in [0.5, 0.6) is 11.8 Å². The Kier molecular flexibility index (Phi) is 1.94. The largest absolute Gasteiger partial charge is 0.494 e. The van der Waals surface area contributed by atoms with Crippen LogP contribution in [0.1, 0.15) is 37.2 Å². The maximum Gasteiger partial charge on any atom is 0.197 e. The van der Waals surface area contributed by atoms with Gasteiger partial charge in [-0.3, -0.25) is 4.57 Å². The third-order valence-corrected chi connectivity index (χ3v) is 3.00. The molecule has 13 heavy (non-hydrogen) atoms. The van der Waals surface area contributed by atoms with E-state index >= 15 is 0 Å². The van der Waals surface area contributed by atoms with E-state index in [2.05, 4.69) is 0 Å². The molecule has 3 heteroatoms. The van der Waals surface area contributed by atoms with Gasteiger partial charge in [-0.05, 0) is 18.8 Å². The molecule has 1 heterocycles. The van der Waals surface area contributed by atoms with Gasteiger partial charge >= 0.3 is 0 Å². The minimum Gasteiger partial charge on any atom is -0.494 e. The summed E-state index contributed by atoms with van der Waals surface area (Å²) in [6.07, 6.45) is 4.74. The van der Waals surface area contributed by atoms with Crippen molar-refractivity contribution in [2.24, 2.45) is 7.05 Å². The fourth-order valence-electron chi connectivity index (χ4n) is 2.14. The molecule has 1 fully saturated rings. The first kappa shape index (κ1) is 8.48. The zero-order chi connectivity index (χ0) is 9.42. The molecule has 0 aromatic carbocycles. The molecule has 0 amide bonds. The van der Waals surface area contributed by atoms with E-state index in [-0.39, 0.29) is 11.8 Å². The van der Waals surface area contributed by atoms with Crippen molar-refractivity contribution < 1.29 is 10.2 Å². The van der Waals surface area contributed by atoms with Crippen molar-refractivity contribution in [2.75, 3.05) is 0 Å². The normalized spacial score (nSPS) is 18.2. The fraction of sp³-hybridized carbons (Fsp3) is 0.600. The zero-order valence-corrected chi connectivity index (χ0v) is 7.82. The Balaban J connectivity index is 2.34. The number of rotatable bonds is 1. The highest BCUT2D eigenvalue weighted by molar-refractivity contribution is 5.38. The zero-order valence-electron chi connectivity index (χ0n) is 7.82. The molecule has 0 bridgehead atoms. The van der Waals surface area contributed by atoms with Gasteiger partial charge in [0, 0.05) is 18.7 Å². The van der Waals surface area contributed by atoms with Crippen LogP contribution in [0.25, 0.3) is 0 Å². The van der Waals surface area contributed by atoms with Crippen molar-refractivity contribution >= 4 is 0 Å². The molecule has 2 rings (SSSR count). The Hall–Kier alpha value is -1.12. The molecule has 1 aromatic heterocycles. The van der Waals surface area contributed by atoms with Crippen molar-refractivity contribution in [3.8, 4) is 11.8 Å². The van der Waals surface area contributed by atoms with Crippen molar-refractivity contribution in [2.45, 2.75) is 31.6 Å². The predicted molar refractivity (Wildman–Crippen MR) is 50.0 cm³/mol. The number of aromatic hydroxyl groups is 2. The highest BCUT2D eigenvalue weighted by Gasteiger charge is 2.23. The van der Waals surface area contributed by atoms with Crippen molar-refractivity contribution in [3.05, 3.63) is 11.6 Å². The Morgan fingerprint density at radius 1 is 1.31 bits per heavy atom. The summed E-state index contributed by atoms with van der Waals surface area (Å²) in [5, 5.41) is 19.1. The quantitative estimate of drug-likeness (QED) is 0.696. The Morgan fingerprint density at radius 3 is 2.38 bits per heavy atom. The molecule has 72 valence electrons. The van der Waals surface area contributed by atoms with E-state index in [9.17, 15) is 10.2 Å². The lowest BCUT2D eigenvalue weighted by Gasteiger charge is -2.06. The van der Waals surface area contributed by atoms with E-state index in [0.29, 0.717) is 5.92 Å². The summed E-state index contributed by atoms with van der Waals surface area (Å²) in [4.78, 5) is 0. The minimum absolute atomic E-state index is 0.152. The molecule has 1 aliphatic rings. The van der Waals surface area contributed by atoms with Gasteiger partial charge in [0.2, 0.25) is 0 Å². The standard InChI is InChI=1S/C10H15NO2/c1-11-9(12)6-8(10(11)13)7-4-2-3-5-7/h6-7,12-13H,2-5H2,1H3.